The topological polar surface area (TPSA) is 59.6 Å². The van der Waals surface area contributed by atoms with Crippen LogP contribution in [-0.4, -0.2) is 31.3 Å². The Morgan fingerprint density at radius 2 is 1.95 bits per heavy atom. The molecular weight excluding hydrogens is 280 g/mol. The first-order chi connectivity index (χ1) is 10.4. The molecule has 0 saturated carbocycles. The van der Waals surface area contributed by atoms with Gasteiger partial charge in [-0.15, -0.1) is 0 Å². The molecule has 5 nitrogen and oxygen atoms in total. The van der Waals surface area contributed by atoms with Crippen molar-refractivity contribution in [2.75, 3.05) is 19.8 Å². The first-order valence-corrected chi connectivity index (χ1v) is 7.56. The number of benzene rings is 1. The molecular formula is C17H24N2O3. The largest absolute Gasteiger partial charge is 0.486 e. The van der Waals surface area contributed by atoms with Crippen molar-refractivity contribution in [3.63, 3.8) is 0 Å². The highest BCUT2D eigenvalue weighted by molar-refractivity contribution is 5.74. The fourth-order valence-corrected chi connectivity index (χ4v) is 2.04. The number of hydrogen-bond donors (Lipinski definition) is 2. The number of amides is 2. The third-order valence-electron chi connectivity index (χ3n) is 2.96. The number of carbonyl (C=O) groups is 1. The molecule has 2 N–H and O–H groups in total. The third kappa shape index (κ3) is 5.31. The minimum absolute atomic E-state index is 0.139. The maximum absolute atomic E-state index is 11.6. The summed E-state index contributed by atoms with van der Waals surface area (Å²) in [6.45, 7) is 7.65. The number of carbonyl (C=O) groups excluding carboxylic acids is 1. The smallest absolute Gasteiger partial charge is 0.315 e. The fourth-order valence-electron chi connectivity index (χ4n) is 2.04. The number of hydrogen-bond acceptors (Lipinski definition) is 3. The minimum Gasteiger partial charge on any atom is -0.486 e. The average Bonchev–Trinajstić information content (AvgIpc) is 2.45. The van der Waals surface area contributed by atoms with Crippen molar-refractivity contribution < 1.29 is 14.3 Å². The molecule has 0 aromatic heterocycles. The molecule has 0 aliphatic carbocycles. The molecule has 1 aliphatic rings. The van der Waals surface area contributed by atoms with E-state index in [0.717, 1.165) is 23.5 Å². The van der Waals surface area contributed by atoms with Crippen LogP contribution in [0.2, 0.25) is 0 Å². The summed E-state index contributed by atoms with van der Waals surface area (Å²) in [4.78, 5) is 11.6. The van der Waals surface area contributed by atoms with E-state index in [4.69, 9.17) is 9.47 Å². The van der Waals surface area contributed by atoms with Gasteiger partial charge in [0.2, 0.25) is 0 Å². The van der Waals surface area contributed by atoms with Crippen LogP contribution in [-0.2, 0) is 0 Å². The summed E-state index contributed by atoms with van der Waals surface area (Å²) >= 11 is 0. The summed E-state index contributed by atoms with van der Waals surface area (Å²) in [6, 6.07) is 5.73. The number of fused-ring (bicyclic) bond motifs is 1. The van der Waals surface area contributed by atoms with E-state index in [-0.39, 0.29) is 11.6 Å². The molecule has 0 fully saturated rings. The van der Waals surface area contributed by atoms with Crippen LogP contribution >= 0.6 is 0 Å². The molecule has 1 aromatic carbocycles. The van der Waals surface area contributed by atoms with Gasteiger partial charge < -0.3 is 20.1 Å². The Labute approximate surface area is 131 Å². The monoisotopic (exact) mass is 304 g/mol. The van der Waals surface area contributed by atoms with Crippen molar-refractivity contribution >= 4 is 12.1 Å². The fraction of sp³-hybridized carbons (Fsp3) is 0.471. The summed E-state index contributed by atoms with van der Waals surface area (Å²) in [7, 11) is 0. The highest BCUT2D eigenvalue weighted by atomic mass is 16.6. The lowest BCUT2D eigenvalue weighted by Gasteiger charge is -2.20. The number of nitrogens with one attached hydrogen (secondary N) is 2. The summed E-state index contributed by atoms with van der Waals surface area (Å²) in [5.74, 6) is 1.58. The Morgan fingerprint density at radius 1 is 1.23 bits per heavy atom. The van der Waals surface area contributed by atoms with Crippen LogP contribution in [0, 0.1) is 0 Å². The summed E-state index contributed by atoms with van der Waals surface area (Å²) in [5, 5.41) is 5.69. The lowest BCUT2D eigenvalue weighted by Crippen LogP contribution is -2.46. The first-order valence-electron chi connectivity index (χ1n) is 7.56. The van der Waals surface area contributed by atoms with Gasteiger partial charge in [-0.3, -0.25) is 0 Å². The molecule has 0 atom stereocenters. The standard InChI is InChI=1S/C17H24N2O3/c1-17(2,3)19-16(20)18-9-5-4-6-13-7-8-14-15(12-13)22-11-10-21-14/h4,6-8,12H,5,9-11H2,1-3H3,(H2,18,19,20)/b6-4+. The Morgan fingerprint density at radius 3 is 2.68 bits per heavy atom. The molecule has 120 valence electrons. The van der Waals surface area contributed by atoms with Gasteiger partial charge in [0.05, 0.1) is 0 Å². The Hall–Kier alpha value is -2.17. The molecule has 1 heterocycles. The van der Waals surface area contributed by atoms with Crippen molar-refractivity contribution in [3.8, 4) is 11.5 Å². The predicted octanol–water partition coefficient (Wildman–Crippen LogP) is 2.96. The Balaban J connectivity index is 1.75. The molecule has 0 saturated heterocycles. The van der Waals surface area contributed by atoms with Gasteiger partial charge in [0.15, 0.2) is 11.5 Å². The SMILES string of the molecule is CC(C)(C)NC(=O)NCC/C=C/c1ccc2c(c1)OCCO2. The number of ether oxygens (including phenoxy) is 2. The van der Waals surface area contributed by atoms with Crippen molar-refractivity contribution in [2.45, 2.75) is 32.7 Å². The molecule has 1 aromatic rings. The van der Waals surface area contributed by atoms with Crippen LogP contribution in [0.3, 0.4) is 0 Å². The number of urea groups is 1. The van der Waals surface area contributed by atoms with Crippen LogP contribution in [0.4, 0.5) is 4.79 Å². The van der Waals surface area contributed by atoms with E-state index in [1.54, 1.807) is 0 Å². The lowest BCUT2D eigenvalue weighted by molar-refractivity contribution is 0.171. The quantitative estimate of drug-likeness (QED) is 0.841. The molecule has 5 heteroatoms. The van der Waals surface area contributed by atoms with Crippen LogP contribution in [0.1, 0.15) is 32.8 Å². The van der Waals surface area contributed by atoms with Crippen molar-refractivity contribution in [2.24, 2.45) is 0 Å². The predicted molar refractivity (Wildman–Crippen MR) is 87.4 cm³/mol. The van der Waals surface area contributed by atoms with Gasteiger partial charge in [-0.25, -0.2) is 4.79 Å². The van der Waals surface area contributed by atoms with Crippen molar-refractivity contribution in [3.05, 3.63) is 29.8 Å². The third-order valence-corrected chi connectivity index (χ3v) is 2.96. The second-order valence-electron chi connectivity index (χ2n) is 6.23. The van der Waals surface area contributed by atoms with E-state index in [9.17, 15) is 4.79 Å². The van der Waals surface area contributed by atoms with E-state index in [2.05, 4.69) is 10.6 Å². The molecule has 2 rings (SSSR count). The van der Waals surface area contributed by atoms with Gasteiger partial charge in [-0.1, -0.05) is 18.2 Å². The molecule has 0 spiro atoms. The van der Waals surface area contributed by atoms with Crippen LogP contribution in [0.25, 0.3) is 6.08 Å². The highest BCUT2D eigenvalue weighted by Crippen LogP contribution is 2.31. The van der Waals surface area contributed by atoms with Gasteiger partial charge in [0.25, 0.3) is 0 Å². The molecule has 2 amide bonds. The van der Waals surface area contributed by atoms with Gasteiger partial charge in [-0.05, 0) is 44.9 Å². The maximum atomic E-state index is 11.6. The number of rotatable bonds is 4. The maximum Gasteiger partial charge on any atom is 0.315 e. The Bertz CT molecular complexity index is 547. The average molecular weight is 304 g/mol. The zero-order chi connectivity index (χ0) is 16.0. The zero-order valence-corrected chi connectivity index (χ0v) is 13.4. The second-order valence-corrected chi connectivity index (χ2v) is 6.23. The van der Waals surface area contributed by atoms with E-state index in [0.29, 0.717) is 19.8 Å². The minimum atomic E-state index is -0.217. The van der Waals surface area contributed by atoms with Crippen molar-refractivity contribution in [1.29, 1.82) is 0 Å². The van der Waals surface area contributed by atoms with Gasteiger partial charge in [0.1, 0.15) is 13.2 Å². The van der Waals surface area contributed by atoms with E-state index < -0.39 is 0 Å². The summed E-state index contributed by atoms with van der Waals surface area (Å²) in [6.07, 6.45) is 4.82. The lowest BCUT2D eigenvalue weighted by atomic mass is 10.1. The van der Waals surface area contributed by atoms with Gasteiger partial charge >= 0.3 is 6.03 Å². The molecule has 0 bridgehead atoms. The molecule has 22 heavy (non-hydrogen) atoms. The Kier molecular flexibility index (Phi) is 5.31. The van der Waals surface area contributed by atoms with Crippen molar-refractivity contribution in [1.82, 2.24) is 10.6 Å². The summed E-state index contributed by atoms with van der Waals surface area (Å²) < 4.78 is 11.0. The van der Waals surface area contributed by atoms with E-state index in [1.165, 1.54) is 0 Å². The summed E-state index contributed by atoms with van der Waals surface area (Å²) in [5.41, 5.74) is 0.842. The van der Waals surface area contributed by atoms with Gasteiger partial charge in [0, 0.05) is 12.1 Å². The van der Waals surface area contributed by atoms with Crippen LogP contribution in [0.15, 0.2) is 24.3 Å². The zero-order valence-electron chi connectivity index (χ0n) is 13.4. The normalized spacial score (nSPS) is 14.0. The first kappa shape index (κ1) is 16.2. The van der Waals surface area contributed by atoms with Crippen LogP contribution < -0.4 is 20.1 Å². The van der Waals surface area contributed by atoms with E-state index in [1.807, 2.05) is 51.1 Å². The highest BCUT2D eigenvalue weighted by Gasteiger charge is 2.12. The molecule has 1 aliphatic heterocycles. The van der Waals surface area contributed by atoms with E-state index >= 15 is 0 Å². The molecule has 0 radical (unpaired) electrons. The van der Waals surface area contributed by atoms with Gasteiger partial charge in [-0.2, -0.15) is 0 Å². The van der Waals surface area contributed by atoms with Crippen LogP contribution in [0.5, 0.6) is 11.5 Å². The second kappa shape index (κ2) is 7.20. The molecule has 0 unspecified atom stereocenters.